The quantitative estimate of drug-likeness (QED) is 0.331. The largest absolute Gasteiger partial charge is 0.368 e. The molecule has 1 aromatic rings. The number of sulfonamides is 1. The monoisotopic (exact) mass is 238 g/mol. The van der Waals surface area contributed by atoms with E-state index in [1.165, 1.54) is 6.19 Å². The van der Waals surface area contributed by atoms with Gasteiger partial charge in [0.05, 0.1) is 5.75 Å². The molecule has 84 valence electrons. The summed E-state index contributed by atoms with van der Waals surface area (Å²) in [7, 11) is -3.71. The van der Waals surface area contributed by atoms with Crippen molar-refractivity contribution in [2.75, 3.05) is 0 Å². The Kier molecular flexibility index (Phi) is 3.85. The van der Waals surface area contributed by atoms with Crippen molar-refractivity contribution in [2.45, 2.75) is 5.75 Å². The summed E-state index contributed by atoms with van der Waals surface area (Å²) < 4.78 is 26.2. The molecule has 0 aromatic heterocycles. The van der Waals surface area contributed by atoms with Crippen molar-refractivity contribution in [2.24, 2.45) is 10.1 Å². The lowest BCUT2D eigenvalue weighted by Crippen LogP contribution is -2.28. The predicted molar refractivity (Wildman–Crippen MR) is 59.4 cm³/mol. The Labute approximate surface area is 93.5 Å². The first-order valence-electron chi connectivity index (χ1n) is 4.30. The first kappa shape index (κ1) is 12.0. The highest BCUT2D eigenvalue weighted by atomic mass is 32.2. The van der Waals surface area contributed by atoms with Crippen LogP contribution in [0, 0.1) is 11.5 Å². The highest BCUT2D eigenvalue weighted by Gasteiger charge is 2.10. The van der Waals surface area contributed by atoms with E-state index in [4.69, 9.17) is 11.0 Å². The molecule has 1 aromatic carbocycles. The summed E-state index contributed by atoms with van der Waals surface area (Å²) in [5.74, 6) is -0.680. The van der Waals surface area contributed by atoms with Gasteiger partial charge in [-0.25, -0.2) is 8.42 Å². The van der Waals surface area contributed by atoms with Crippen molar-refractivity contribution < 1.29 is 8.42 Å². The number of nitrogens with zero attached hydrogens (tertiary/aromatic N) is 2. The predicted octanol–water partition coefficient (Wildman–Crippen LogP) is -0.0982. The summed E-state index contributed by atoms with van der Waals surface area (Å²) >= 11 is 0. The summed E-state index contributed by atoms with van der Waals surface area (Å²) in [6.07, 6.45) is 1.48. The van der Waals surface area contributed by atoms with E-state index < -0.39 is 16.0 Å². The van der Waals surface area contributed by atoms with Gasteiger partial charge in [0.15, 0.2) is 6.19 Å². The third-order valence-electron chi connectivity index (χ3n) is 1.61. The molecule has 3 N–H and O–H groups in total. The van der Waals surface area contributed by atoms with Gasteiger partial charge >= 0.3 is 0 Å². The molecular formula is C9H10N4O2S. The van der Waals surface area contributed by atoms with Crippen molar-refractivity contribution in [1.82, 2.24) is 5.32 Å². The number of hydrogen-bond donors (Lipinski definition) is 2. The second-order valence-corrected chi connectivity index (χ2v) is 4.56. The molecule has 0 amide bonds. The van der Waals surface area contributed by atoms with Gasteiger partial charge in [-0.2, -0.15) is 5.26 Å². The highest BCUT2D eigenvalue weighted by Crippen LogP contribution is 2.06. The molecule has 7 heteroatoms. The Hall–Kier alpha value is -2.07. The normalized spacial score (nSPS) is 11.8. The van der Waals surface area contributed by atoms with Gasteiger partial charge < -0.3 is 5.73 Å². The van der Waals surface area contributed by atoms with Crippen LogP contribution in [0.4, 0.5) is 0 Å². The maximum Gasteiger partial charge on any atom is 0.260 e. The second kappa shape index (κ2) is 5.14. The fourth-order valence-electron chi connectivity index (χ4n) is 1.05. The third-order valence-corrected chi connectivity index (χ3v) is 2.79. The molecular weight excluding hydrogens is 228 g/mol. The van der Waals surface area contributed by atoms with Crippen LogP contribution in [0.3, 0.4) is 0 Å². The van der Waals surface area contributed by atoms with Crippen LogP contribution in [-0.4, -0.2) is 14.4 Å². The zero-order valence-electron chi connectivity index (χ0n) is 8.29. The molecule has 0 spiro atoms. The minimum atomic E-state index is -3.71. The van der Waals surface area contributed by atoms with Crippen molar-refractivity contribution in [3.8, 4) is 6.19 Å². The van der Waals surface area contributed by atoms with E-state index in [0.717, 1.165) is 0 Å². The van der Waals surface area contributed by atoms with Crippen LogP contribution in [0.1, 0.15) is 5.56 Å². The zero-order valence-corrected chi connectivity index (χ0v) is 9.11. The number of benzene rings is 1. The Morgan fingerprint density at radius 1 is 1.44 bits per heavy atom. The Bertz CT molecular complexity index is 516. The number of rotatable bonds is 3. The fourth-order valence-corrected chi connectivity index (χ4v) is 2.07. The molecule has 0 heterocycles. The van der Waals surface area contributed by atoms with Gasteiger partial charge in [0.2, 0.25) is 5.96 Å². The van der Waals surface area contributed by atoms with Crippen LogP contribution in [-0.2, 0) is 15.8 Å². The number of hydrogen-bond acceptors (Lipinski definition) is 3. The molecule has 0 aliphatic heterocycles. The summed E-state index contributed by atoms with van der Waals surface area (Å²) in [6.45, 7) is 0. The summed E-state index contributed by atoms with van der Waals surface area (Å²) in [5.41, 5.74) is 5.77. The molecule has 0 saturated heterocycles. The summed E-state index contributed by atoms with van der Waals surface area (Å²) in [5, 5.41) is 10.1. The van der Waals surface area contributed by atoms with Crippen LogP contribution in [0.15, 0.2) is 34.7 Å². The Morgan fingerprint density at radius 3 is 2.62 bits per heavy atom. The van der Waals surface area contributed by atoms with Crippen LogP contribution in [0.25, 0.3) is 0 Å². The van der Waals surface area contributed by atoms with Crippen molar-refractivity contribution in [1.29, 1.82) is 5.26 Å². The van der Waals surface area contributed by atoms with Crippen molar-refractivity contribution in [3.05, 3.63) is 35.9 Å². The highest BCUT2D eigenvalue weighted by molar-refractivity contribution is 7.89. The molecule has 6 nitrogen and oxygen atoms in total. The lowest BCUT2D eigenvalue weighted by atomic mass is 10.2. The molecule has 0 bridgehead atoms. The maximum absolute atomic E-state index is 11.5. The van der Waals surface area contributed by atoms with E-state index in [9.17, 15) is 8.42 Å². The van der Waals surface area contributed by atoms with E-state index >= 15 is 0 Å². The molecule has 1 rings (SSSR count). The molecule has 0 unspecified atom stereocenters. The second-order valence-electron chi connectivity index (χ2n) is 2.93. The Balaban J connectivity index is 2.82. The summed E-state index contributed by atoms with van der Waals surface area (Å²) in [6, 6.07) is 8.57. The third kappa shape index (κ3) is 3.98. The zero-order chi connectivity index (χ0) is 12.0. The van der Waals surface area contributed by atoms with Gasteiger partial charge in [-0.1, -0.05) is 30.3 Å². The van der Waals surface area contributed by atoms with Crippen LogP contribution in [0.5, 0.6) is 0 Å². The molecule has 16 heavy (non-hydrogen) atoms. The molecule has 0 aliphatic rings. The van der Waals surface area contributed by atoms with Gasteiger partial charge in [-0.05, 0) is 5.56 Å². The van der Waals surface area contributed by atoms with Crippen molar-refractivity contribution >= 4 is 16.0 Å². The minimum Gasteiger partial charge on any atom is -0.368 e. The van der Waals surface area contributed by atoms with Gasteiger partial charge in [-0.15, -0.1) is 4.40 Å². The van der Waals surface area contributed by atoms with E-state index in [0.29, 0.717) is 5.56 Å². The topological polar surface area (TPSA) is 108 Å². The van der Waals surface area contributed by atoms with Crippen LogP contribution >= 0.6 is 0 Å². The first-order chi connectivity index (χ1) is 7.53. The van der Waals surface area contributed by atoms with Crippen LogP contribution in [0.2, 0.25) is 0 Å². The van der Waals surface area contributed by atoms with E-state index in [-0.39, 0.29) is 5.75 Å². The lowest BCUT2D eigenvalue weighted by molar-refractivity contribution is 0.597. The number of nitrogens with one attached hydrogen (secondary N) is 1. The SMILES string of the molecule is N#CN/C(N)=N/S(=O)(=O)Cc1ccccc1. The summed E-state index contributed by atoms with van der Waals surface area (Å²) in [4.78, 5) is 0. The van der Waals surface area contributed by atoms with Crippen molar-refractivity contribution in [3.63, 3.8) is 0 Å². The molecule has 0 saturated carbocycles. The number of nitrogens with two attached hydrogens (primary N) is 1. The maximum atomic E-state index is 11.5. The smallest absolute Gasteiger partial charge is 0.260 e. The fraction of sp³-hybridized carbons (Fsp3) is 0.111. The minimum absolute atomic E-state index is 0.248. The average molecular weight is 238 g/mol. The first-order valence-corrected chi connectivity index (χ1v) is 5.91. The van der Waals surface area contributed by atoms with Gasteiger partial charge in [-0.3, -0.25) is 5.32 Å². The standard InChI is InChI=1S/C9H10N4O2S/c10-7-12-9(11)13-16(14,15)6-8-4-2-1-3-5-8/h1-5H,6H2,(H3,11,12,13). The van der Waals surface area contributed by atoms with Gasteiger partial charge in [0.25, 0.3) is 10.0 Å². The number of guanidine groups is 1. The van der Waals surface area contributed by atoms with Gasteiger partial charge in [0.1, 0.15) is 0 Å². The van der Waals surface area contributed by atoms with E-state index in [1.807, 2.05) is 5.32 Å². The van der Waals surface area contributed by atoms with Gasteiger partial charge in [0, 0.05) is 0 Å². The van der Waals surface area contributed by atoms with Crippen LogP contribution < -0.4 is 11.1 Å². The lowest BCUT2D eigenvalue weighted by Gasteiger charge is -2.00. The number of nitriles is 1. The molecule has 0 aliphatic carbocycles. The molecule has 0 atom stereocenters. The van der Waals surface area contributed by atoms with E-state index in [2.05, 4.69) is 4.40 Å². The average Bonchev–Trinajstić information content (AvgIpc) is 2.17. The molecule has 0 fully saturated rings. The Morgan fingerprint density at radius 2 is 2.06 bits per heavy atom. The van der Waals surface area contributed by atoms with E-state index in [1.54, 1.807) is 30.3 Å². The molecule has 0 radical (unpaired) electrons.